The van der Waals surface area contributed by atoms with Crippen molar-refractivity contribution in [3.8, 4) is 5.75 Å². The molecule has 1 aromatic heterocycles. The number of aromatic nitrogens is 3. The standard InChI is InChI=1S/C21H19F4N5O3/c1-20(32)15(17(31)26-13-7-5-12(22)6-8-13)16(11-3-9-14(33-2)10-4-11)27-19-29-28-18(30(19)20)21(23,24)25/h3-10,15-16,32H,1-2H3,(H,26,31)(H,27,29)/t15-,16+,20+/m1/s1. The van der Waals surface area contributed by atoms with Crippen LogP contribution >= 0.6 is 0 Å². The fraction of sp³-hybridized carbons (Fsp3) is 0.286. The average molecular weight is 465 g/mol. The van der Waals surface area contributed by atoms with Gasteiger partial charge in [-0.05, 0) is 48.9 Å². The van der Waals surface area contributed by atoms with Crippen molar-refractivity contribution in [3.05, 3.63) is 65.7 Å². The highest BCUT2D eigenvalue weighted by Crippen LogP contribution is 2.45. The van der Waals surface area contributed by atoms with Crippen molar-refractivity contribution in [1.82, 2.24) is 14.8 Å². The number of methoxy groups -OCH3 is 1. The molecule has 4 rings (SSSR count). The van der Waals surface area contributed by atoms with Gasteiger partial charge in [0.05, 0.1) is 13.2 Å². The Bertz CT molecular complexity index is 1160. The lowest BCUT2D eigenvalue weighted by atomic mass is 9.82. The fourth-order valence-corrected chi connectivity index (χ4v) is 3.91. The minimum absolute atomic E-state index is 0.205. The summed E-state index contributed by atoms with van der Waals surface area (Å²) in [6, 6.07) is 10.3. The number of ether oxygens (including phenoxy) is 1. The molecule has 0 radical (unpaired) electrons. The number of halogens is 4. The van der Waals surface area contributed by atoms with Crippen molar-refractivity contribution < 1.29 is 32.2 Å². The van der Waals surface area contributed by atoms with Crippen LogP contribution in [-0.4, -0.2) is 32.9 Å². The number of rotatable bonds is 4. The second kappa shape index (κ2) is 8.03. The van der Waals surface area contributed by atoms with Gasteiger partial charge in [-0.3, -0.25) is 9.36 Å². The summed E-state index contributed by atoms with van der Waals surface area (Å²) in [5, 5.41) is 23.4. The highest BCUT2D eigenvalue weighted by Gasteiger charge is 2.54. The van der Waals surface area contributed by atoms with E-state index in [1.54, 1.807) is 24.3 Å². The largest absolute Gasteiger partial charge is 0.497 e. The number of carbonyl (C=O) groups is 1. The van der Waals surface area contributed by atoms with Crippen LogP contribution in [0.4, 0.5) is 29.2 Å². The molecule has 3 aromatic rings. The van der Waals surface area contributed by atoms with Gasteiger partial charge in [0, 0.05) is 5.69 Å². The lowest BCUT2D eigenvalue weighted by Crippen LogP contribution is -2.54. The first-order valence-corrected chi connectivity index (χ1v) is 9.74. The lowest BCUT2D eigenvalue weighted by Gasteiger charge is -2.43. The third-order valence-electron chi connectivity index (χ3n) is 5.45. The second-order valence-electron chi connectivity index (χ2n) is 7.64. The minimum atomic E-state index is -4.93. The molecule has 1 aliphatic heterocycles. The minimum Gasteiger partial charge on any atom is -0.497 e. The van der Waals surface area contributed by atoms with Crippen molar-refractivity contribution in [2.45, 2.75) is 24.9 Å². The second-order valence-corrected chi connectivity index (χ2v) is 7.64. The molecule has 12 heteroatoms. The molecule has 0 fully saturated rings. The molecular formula is C21H19F4N5O3. The Morgan fingerprint density at radius 3 is 2.36 bits per heavy atom. The maximum absolute atomic E-state index is 13.6. The molecule has 0 saturated heterocycles. The molecule has 0 bridgehead atoms. The van der Waals surface area contributed by atoms with E-state index in [1.165, 1.54) is 19.2 Å². The molecule has 1 amide bonds. The summed E-state index contributed by atoms with van der Waals surface area (Å²) in [7, 11) is 1.47. The first kappa shape index (κ1) is 22.5. The lowest BCUT2D eigenvalue weighted by molar-refractivity contribution is -0.168. The Morgan fingerprint density at radius 1 is 1.15 bits per heavy atom. The number of benzene rings is 2. The first-order chi connectivity index (χ1) is 15.5. The van der Waals surface area contributed by atoms with E-state index in [0.717, 1.165) is 19.1 Å². The van der Waals surface area contributed by atoms with Gasteiger partial charge in [-0.2, -0.15) is 13.2 Å². The molecule has 2 heterocycles. The molecule has 0 spiro atoms. The summed E-state index contributed by atoms with van der Waals surface area (Å²) >= 11 is 0. The van der Waals surface area contributed by atoms with Crippen LogP contribution in [0.5, 0.6) is 5.75 Å². The number of nitrogens with one attached hydrogen (secondary N) is 2. The maximum Gasteiger partial charge on any atom is 0.451 e. The molecule has 3 N–H and O–H groups in total. The summed E-state index contributed by atoms with van der Waals surface area (Å²) in [6.07, 6.45) is -4.93. The SMILES string of the molecule is COc1ccc([C@@H]2Nc3nnc(C(F)(F)F)n3[C@@](C)(O)[C@H]2C(=O)Nc2ccc(F)cc2)cc1. The normalized spacial score (nSPS) is 22.3. The molecule has 2 aromatic carbocycles. The summed E-state index contributed by atoms with van der Waals surface area (Å²) < 4.78 is 59.5. The quantitative estimate of drug-likeness (QED) is 0.510. The number of carbonyl (C=O) groups excluding carboxylic acids is 1. The molecule has 33 heavy (non-hydrogen) atoms. The molecular weight excluding hydrogens is 446 g/mol. The van der Waals surface area contributed by atoms with Crippen LogP contribution in [0, 0.1) is 11.7 Å². The summed E-state index contributed by atoms with van der Waals surface area (Å²) in [5.74, 6) is -4.08. The van der Waals surface area contributed by atoms with E-state index in [1.807, 2.05) is 0 Å². The van der Waals surface area contributed by atoms with Gasteiger partial charge in [0.2, 0.25) is 17.7 Å². The molecule has 0 unspecified atom stereocenters. The van der Waals surface area contributed by atoms with Crippen molar-refractivity contribution in [3.63, 3.8) is 0 Å². The Hall–Kier alpha value is -3.67. The van der Waals surface area contributed by atoms with Gasteiger partial charge in [-0.25, -0.2) is 4.39 Å². The highest BCUT2D eigenvalue weighted by molar-refractivity contribution is 5.94. The monoisotopic (exact) mass is 465 g/mol. The summed E-state index contributed by atoms with van der Waals surface area (Å²) in [4.78, 5) is 13.3. The summed E-state index contributed by atoms with van der Waals surface area (Å²) in [5.41, 5.74) is -1.70. The van der Waals surface area contributed by atoms with Crippen LogP contribution in [0.3, 0.4) is 0 Å². The van der Waals surface area contributed by atoms with Gasteiger partial charge >= 0.3 is 6.18 Å². The Kier molecular flexibility index (Phi) is 5.48. The van der Waals surface area contributed by atoms with Crippen molar-refractivity contribution in [2.24, 2.45) is 5.92 Å². The number of alkyl halides is 3. The van der Waals surface area contributed by atoms with Crippen LogP contribution < -0.4 is 15.4 Å². The van der Waals surface area contributed by atoms with Gasteiger partial charge in [0.25, 0.3) is 0 Å². The van der Waals surface area contributed by atoms with E-state index in [9.17, 15) is 27.5 Å². The van der Waals surface area contributed by atoms with Crippen LogP contribution in [0.25, 0.3) is 0 Å². The third kappa shape index (κ3) is 4.09. The van der Waals surface area contributed by atoms with Crippen molar-refractivity contribution in [2.75, 3.05) is 17.7 Å². The number of amides is 1. The third-order valence-corrected chi connectivity index (χ3v) is 5.45. The van der Waals surface area contributed by atoms with Crippen LogP contribution in [0.2, 0.25) is 0 Å². The molecule has 1 aliphatic rings. The van der Waals surface area contributed by atoms with Crippen LogP contribution in [0.15, 0.2) is 48.5 Å². The van der Waals surface area contributed by atoms with Gasteiger partial charge in [-0.1, -0.05) is 12.1 Å². The Labute approximate surface area is 185 Å². The van der Waals surface area contributed by atoms with Gasteiger partial charge < -0.3 is 20.5 Å². The zero-order valence-corrected chi connectivity index (χ0v) is 17.4. The van der Waals surface area contributed by atoms with E-state index < -0.39 is 41.4 Å². The number of nitrogens with zero attached hydrogens (tertiary/aromatic N) is 3. The van der Waals surface area contributed by atoms with E-state index in [2.05, 4.69) is 20.8 Å². The summed E-state index contributed by atoms with van der Waals surface area (Å²) in [6.45, 7) is 1.08. The van der Waals surface area contributed by atoms with E-state index in [4.69, 9.17) is 4.74 Å². The molecule has 174 valence electrons. The van der Waals surface area contributed by atoms with Crippen molar-refractivity contribution >= 4 is 17.5 Å². The molecule has 0 saturated carbocycles. The molecule has 8 nitrogen and oxygen atoms in total. The average Bonchev–Trinajstić information content (AvgIpc) is 3.21. The van der Waals surface area contributed by atoms with Gasteiger partial charge in [-0.15, -0.1) is 10.2 Å². The van der Waals surface area contributed by atoms with Gasteiger partial charge in [0.1, 0.15) is 17.5 Å². The van der Waals surface area contributed by atoms with Crippen molar-refractivity contribution in [1.29, 1.82) is 0 Å². The zero-order valence-electron chi connectivity index (χ0n) is 17.4. The smallest absolute Gasteiger partial charge is 0.451 e. The van der Waals surface area contributed by atoms with E-state index in [0.29, 0.717) is 15.9 Å². The van der Waals surface area contributed by atoms with Crippen LogP contribution in [-0.2, 0) is 16.7 Å². The number of anilines is 2. The number of hydrogen-bond donors (Lipinski definition) is 3. The predicted octanol–water partition coefficient (Wildman–Crippen LogP) is 3.53. The highest BCUT2D eigenvalue weighted by atomic mass is 19.4. The van der Waals surface area contributed by atoms with E-state index in [-0.39, 0.29) is 11.6 Å². The number of hydrogen-bond acceptors (Lipinski definition) is 6. The first-order valence-electron chi connectivity index (χ1n) is 9.74. The van der Waals surface area contributed by atoms with Crippen LogP contribution in [0.1, 0.15) is 24.4 Å². The maximum atomic E-state index is 13.6. The Balaban J connectivity index is 1.81. The zero-order chi connectivity index (χ0) is 24.0. The Morgan fingerprint density at radius 2 is 1.79 bits per heavy atom. The number of fused-ring (bicyclic) bond motifs is 1. The molecule has 3 atom stereocenters. The topological polar surface area (TPSA) is 101 Å². The molecule has 0 aliphatic carbocycles. The predicted molar refractivity (Wildman–Crippen MR) is 109 cm³/mol. The van der Waals surface area contributed by atoms with E-state index >= 15 is 0 Å². The van der Waals surface area contributed by atoms with Gasteiger partial charge in [0.15, 0.2) is 5.72 Å². The number of aliphatic hydroxyl groups is 1. The fourth-order valence-electron chi connectivity index (χ4n) is 3.91.